The molecule has 1 aliphatic heterocycles. The molecule has 1 fully saturated rings. The van der Waals surface area contributed by atoms with Gasteiger partial charge in [-0.05, 0) is 37.1 Å². The van der Waals surface area contributed by atoms with Crippen LogP contribution in [0.5, 0.6) is 0 Å². The lowest BCUT2D eigenvalue weighted by molar-refractivity contribution is -0.138. The van der Waals surface area contributed by atoms with Crippen molar-refractivity contribution in [3.8, 4) is 12.3 Å². The Bertz CT molecular complexity index is 675. The minimum absolute atomic E-state index is 0.00752. The molecule has 0 saturated carbocycles. The number of amides is 1. The van der Waals surface area contributed by atoms with Crippen LogP contribution in [0.1, 0.15) is 51.3 Å². The smallest absolute Gasteiger partial charge is 0.241 e. The van der Waals surface area contributed by atoms with Crippen molar-refractivity contribution in [1.82, 2.24) is 21.1 Å². The second kappa shape index (κ2) is 8.85. The van der Waals surface area contributed by atoms with Gasteiger partial charge in [0.25, 0.3) is 0 Å². The van der Waals surface area contributed by atoms with E-state index in [1.807, 2.05) is 52.0 Å². The van der Waals surface area contributed by atoms with Crippen LogP contribution in [0.4, 0.5) is 0 Å². The second-order valence-electron chi connectivity index (χ2n) is 8.26. The van der Waals surface area contributed by atoms with Crippen LogP contribution in [0.25, 0.3) is 0 Å². The molecule has 0 aliphatic carbocycles. The highest BCUT2D eigenvalue weighted by Gasteiger charge is 2.40. The molecule has 1 aromatic carbocycles. The first-order chi connectivity index (χ1) is 12.7. The number of carbonyl (C=O) groups is 1. The molecule has 2 rings (SSSR count). The maximum absolute atomic E-state index is 13.0. The van der Waals surface area contributed by atoms with E-state index in [1.165, 1.54) is 0 Å². The van der Waals surface area contributed by atoms with Crippen LogP contribution in [-0.4, -0.2) is 47.8 Å². The van der Waals surface area contributed by atoms with E-state index in [0.29, 0.717) is 13.0 Å². The number of likely N-dealkylation sites (N-methyl/N-ethyl adjacent to an activating group) is 1. The Kier molecular flexibility index (Phi) is 7.01. The van der Waals surface area contributed by atoms with E-state index in [-0.39, 0.29) is 29.6 Å². The molecule has 4 N–H and O–H groups in total. The number of hydrazine groups is 1. The largest absolute Gasteiger partial charge is 0.391 e. The van der Waals surface area contributed by atoms with Gasteiger partial charge >= 0.3 is 0 Å². The number of terminal acetylenes is 1. The molecule has 1 amide bonds. The minimum atomic E-state index is -0.532. The van der Waals surface area contributed by atoms with E-state index >= 15 is 0 Å². The topological polar surface area (TPSA) is 76.6 Å². The van der Waals surface area contributed by atoms with Crippen molar-refractivity contribution in [2.45, 2.75) is 58.5 Å². The number of likely N-dealkylation sites (tertiary alicyclic amines) is 1. The quantitative estimate of drug-likeness (QED) is 0.448. The summed E-state index contributed by atoms with van der Waals surface area (Å²) in [5.74, 6) is 2.60. The number of hydrogen-bond donors (Lipinski definition) is 4. The van der Waals surface area contributed by atoms with Gasteiger partial charge in [-0.15, -0.1) is 6.42 Å². The summed E-state index contributed by atoms with van der Waals surface area (Å²) in [5, 5.41) is 13.2. The van der Waals surface area contributed by atoms with Crippen LogP contribution in [0, 0.1) is 17.8 Å². The Morgan fingerprint density at radius 1 is 1.33 bits per heavy atom. The van der Waals surface area contributed by atoms with E-state index in [9.17, 15) is 9.90 Å². The van der Waals surface area contributed by atoms with Crippen LogP contribution in [0.15, 0.2) is 24.3 Å². The predicted molar refractivity (Wildman–Crippen MR) is 107 cm³/mol. The van der Waals surface area contributed by atoms with Gasteiger partial charge in [-0.3, -0.25) is 4.79 Å². The molecule has 1 heterocycles. The van der Waals surface area contributed by atoms with Crippen molar-refractivity contribution >= 4 is 5.91 Å². The molecule has 0 bridgehead atoms. The first kappa shape index (κ1) is 21.4. The van der Waals surface area contributed by atoms with Crippen molar-refractivity contribution < 1.29 is 9.90 Å². The second-order valence-corrected chi connectivity index (χ2v) is 8.26. The SMILES string of the molecule is C#Cc1ccc([C@H](C)NN[C@@H]2C[C@@H](O)CN2C(=O)[C@@H](NC)C(C)(C)C)cc1. The number of hydrogen-bond acceptors (Lipinski definition) is 5. The lowest BCUT2D eigenvalue weighted by Crippen LogP contribution is -2.57. The summed E-state index contributed by atoms with van der Waals surface area (Å²) in [5.41, 5.74) is 8.19. The fourth-order valence-electron chi connectivity index (χ4n) is 3.46. The summed E-state index contributed by atoms with van der Waals surface area (Å²) >= 11 is 0. The number of carbonyl (C=O) groups excluding carboxylic acids is 1. The van der Waals surface area contributed by atoms with Crippen LogP contribution in [-0.2, 0) is 4.79 Å². The fourth-order valence-corrected chi connectivity index (χ4v) is 3.46. The lowest BCUT2D eigenvalue weighted by Gasteiger charge is -2.35. The average molecular weight is 373 g/mol. The number of nitrogens with one attached hydrogen (secondary N) is 3. The number of β-amino-alcohol motifs (C(OH)–C–C–N with tert-alkyl or cyclic N) is 1. The van der Waals surface area contributed by atoms with Crippen molar-refractivity contribution in [1.29, 1.82) is 0 Å². The highest BCUT2D eigenvalue weighted by molar-refractivity contribution is 5.83. The third-order valence-electron chi connectivity index (χ3n) is 5.01. The van der Waals surface area contributed by atoms with Gasteiger partial charge in [-0.25, -0.2) is 10.9 Å². The van der Waals surface area contributed by atoms with Gasteiger partial charge in [-0.1, -0.05) is 38.8 Å². The van der Waals surface area contributed by atoms with Crippen molar-refractivity contribution in [2.24, 2.45) is 5.41 Å². The standard InChI is InChI=1S/C21H32N4O2/c1-7-15-8-10-16(11-9-15)14(2)23-24-18-12-17(26)13-25(18)20(27)19(22-6)21(3,4)5/h1,8-11,14,17-19,22-24,26H,12-13H2,2-6H3/t14-,17+,18-,19+/m0/s1. The first-order valence-electron chi connectivity index (χ1n) is 9.40. The highest BCUT2D eigenvalue weighted by atomic mass is 16.3. The van der Waals surface area contributed by atoms with Gasteiger partial charge in [0.1, 0.15) is 0 Å². The van der Waals surface area contributed by atoms with Crippen molar-refractivity contribution in [2.75, 3.05) is 13.6 Å². The highest BCUT2D eigenvalue weighted by Crippen LogP contribution is 2.25. The van der Waals surface area contributed by atoms with Gasteiger partial charge in [0.15, 0.2) is 0 Å². The molecule has 6 heteroatoms. The van der Waals surface area contributed by atoms with Crippen molar-refractivity contribution in [3.63, 3.8) is 0 Å². The van der Waals surface area contributed by atoms with E-state index in [4.69, 9.17) is 6.42 Å². The van der Waals surface area contributed by atoms with Gasteiger partial charge in [0.2, 0.25) is 5.91 Å². The number of benzene rings is 1. The number of rotatable bonds is 6. The fraction of sp³-hybridized carbons (Fsp3) is 0.571. The van der Waals surface area contributed by atoms with Gasteiger partial charge in [0, 0.05) is 24.6 Å². The van der Waals surface area contributed by atoms with Gasteiger partial charge in [-0.2, -0.15) is 0 Å². The minimum Gasteiger partial charge on any atom is -0.391 e. The Labute approximate surface area is 162 Å². The third-order valence-corrected chi connectivity index (χ3v) is 5.01. The molecule has 0 aromatic heterocycles. The summed E-state index contributed by atoms with van der Waals surface area (Å²) in [4.78, 5) is 14.8. The summed E-state index contributed by atoms with van der Waals surface area (Å²) in [6, 6.07) is 7.48. The van der Waals surface area contributed by atoms with E-state index in [0.717, 1.165) is 11.1 Å². The van der Waals surface area contributed by atoms with E-state index < -0.39 is 6.10 Å². The molecule has 0 unspecified atom stereocenters. The number of nitrogens with zero attached hydrogens (tertiary/aromatic N) is 1. The Morgan fingerprint density at radius 2 is 1.96 bits per heavy atom. The lowest BCUT2D eigenvalue weighted by atomic mass is 9.86. The monoisotopic (exact) mass is 372 g/mol. The maximum Gasteiger partial charge on any atom is 0.241 e. The molecule has 0 radical (unpaired) electrons. The summed E-state index contributed by atoms with van der Waals surface area (Å²) < 4.78 is 0. The molecule has 4 atom stereocenters. The zero-order chi connectivity index (χ0) is 20.2. The Morgan fingerprint density at radius 3 is 2.48 bits per heavy atom. The van der Waals surface area contributed by atoms with Gasteiger partial charge in [0.05, 0.1) is 18.3 Å². The maximum atomic E-state index is 13.0. The molecule has 1 aromatic rings. The van der Waals surface area contributed by atoms with Crippen LogP contribution < -0.4 is 16.2 Å². The molecule has 148 valence electrons. The normalized spacial score (nSPS) is 22.3. The van der Waals surface area contributed by atoms with Crippen LogP contribution in [0.3, 0.4) is 0 Å². The van der Waals surface area contributed by atoms with Crippen LogP contribution >= 0.6 is 0 Å². The zero-order valence-electron chi connectivity index (χ0n) is 16.9. The Balaban J connectivity index is 2.03. The molecule has 6 nitrogen and oxygen atoms in total. The average Bonchev–Trinajstić information content (AvgIpc) is 2.99. The molecule has 1 aliphatic rings. The van der Waals surface area contributed by atoms with E-state index in [1.54, 1.807) is 11.9 Å². The third kappa shape index (κ3) is 5.30. The summed E-state index contributed by atoms with van der Waals surface area (Å²) in [6.45, 7) is 8.45. The Hall–Kier alpha value is -1.91. The van der Waals surface area contributed by atoms with E-state index in [2.05, 4.69) is 22.1 Å². The molecular weight excluding hydrogens is 340 g/mol. The predicted octanol–water partition coefficient (Wildman–Crippen LogP) is 1.38. The number of aliphatic hydroxyl groups is 1. The van der Waals surface area contributed by atoms with Gasteiger partial charge < -0.3 is 15.3 Å². The first-order valence-corrected chi connectivity index (χ1v) is 9.40. The molecule has 27 heavy (non-hydrogen) atoms. The van der Waals surface area contributed by atoms with Crippen LogP contribution in [0.2, 0.25) is 0 Å². The summed E-state index contributed by atoms with van der Waals surface area (Å²) in [6.07, 6.45) is 5.09. The molecular formula is C21H32N4O2. The molecule has 0 spiro atoms. The zero-order valence-corrected chi connectivity index (χ0v) is 16.9. The number of aliphatic hydroxyl groups excluding tert-OH is 1. The van der Waals surface area contributed by atoms with Crippen molar-refractivity contribution in [3.05, 3.63) is 35.4 Å². The summed E-state index contributed by atoms with van der Waals surface area (Å²) in [7, 11) is 1.79. The molecule has 1 saturated heterocycles.